The molecule has 1 saturated heterocycles. The van der Waals surface area contributed by atoms with Crippen LogP contribution in [0.3, 0.4) is 0 Å². The van der Waals surface area contributed by atoms with Crippen LogP contribution < -0.4 is 10.6 Å². The second-order valence-electron chi connectivity index (χ2n) is 6.13. The molecule has 140 valence electrons. The number of carbonyl (C=O) groups excluding carboxylic acids is 3. The van der Waals surface area contributed by atoms with E-state index < -0.39 is 41.6 Å². The molecule has 1 fully saturated rings. The Morgan fingerprint density at radius 1 is 1.19 bits per heavy atom. The number of urea groups is 1. The number of halogens is 3. The lowest BCUT2D eigenvalue weighted by atomic mass is 9.92. The zero-order chi connectivity index (χ0) is 19.8. The summed E-state index contributed by atoms with van der Waals surface area (Å²) >= 11 is 5.83. The van der Waals surface area contributed by atoms with Gasteiger partial charge in [-0.3, -0.25) is 14.5 Å². The van der Waals surface area contributed by atoms with Crippen molar-refractivity contribution in [1.82, 2.24) is 10.2 Å². The number of nitrogens with zero attached hydrogens (tertiary/aromatic N) is 1. The highest BCUT2D eigenvalue weighted by Crippen LogP contribution is 2.29. The molecule has 1 aliphatic rings. The summed E-state index contributed by atoms with van der Waals surface area (Å²) in [6, 6.07) is 8.12. The van der Waals surface area contributed by atoms with E-state index in [4.69, 9.17) is 11.6 Å². The van der Waals surface area contributed by atoms with Crippen molar-refractivity contribution in [3.8, 4) is 0 Å². The lowest BCUT2D eigenvalue weighted by Crippen LogP contribution is -2.42. The minimum atomic E-state index is -1.37. The molecular formula is C18H14ClF2N3O3. The van der Waals surface area contributed by atoms with Crippen molar-refractivity contribution < 1.29 is 23.2 Å². The fourth-order valence-corrected chi connectivity index (χ4v) is 2.87. The topological polar surface area (TPSA) is 78.5 Å². The Balaban J connectivity index is 1.76. The fourth-order valence-electron chi connectivity index (χ4n) is 2.75. The van der Waals surface area contributed by atoms with Gasteiger partial charge in [-0.2, -0.15) is 0 Å². The van der Waals surface area contributed by atoms with Crippen LogP contribution in [0.25, 0.3) is 0 Å². The number of nitrogens with one attached hydrogen (secondary N) is 2. The van der Waals surface area contributed by atoms with E-state index in [2.05, 4.69) is 10.6 Å². The molecule has 0 spiro atoms. The van der Waals surface area contributed by atoms with Crippen molar-refractivity contribution in [2.75, 3.05) is 11.9 Å². The van der Waals surface area contributed by atoms with Gasteiger partial charge in [0.2, 0.25) is 5.91 Å². The molecule has 2 aromatic rings. The van der Waals surface area contributed by atoms with Gasteiger partial charge in [0.05, 0.1) is 5.69 Å². The number of carbonyl (C=O) groups is 3. The molecule has 0 unspecified atom stereocenters. The molecule has 2 aromatic carbocycles. The van der Waals surface area contributed by atoms with E-state index in [0.717, 1.165) is 18.2 Å². The summed E-state index contributed by atoms with van der Waals surface area (Å²) in [6.07, 6.45) is 0. The largest absolute Gasteiger partial charge is 0.325 e. The van der Waals surface area contributed by atoms with Crippen LogP contribution in [0.15, 0.2) is 42.5 Å². The van der Waals surface area contributed by atoms with Gasteiger partial charge in [0.15, 0.2) is 0 Å². The maximum Gasteiger partial charge on any atom is 0.325 e. The SMILES string of the molecule is C[C@]1(c2ccc(Cl)cc2)NC(=O)N(CC(=O)Nc2cc(F)ccc2F)C1=O. The van der Waals surface area contributed by atoms with Crippen LogP contribution in [0.1, 0.15) is 12.5 Å². The minimum absolute atomic E-state index is 0.382. The Morgan fingerprint density at radius 2 is 1.85 bits per heavy atom. The van der Waals surface area contributed by atoms with Gasteiger partial charge in [-0.05, 0) is 36.8 Å². The quantitative estimate of drug-likeness (QED) is 0.784. The van der Waals surface area contributed by atoms with E-state index in [1.54, 1.807) is 24.3 Å². The zero-order valence-electron chi connectivity index (χ0n) is 14.1. The number of hydrogen-bond acceptors (Lipinski definition) is 3. The van der Waals surface area contributed by atoms with Gasteiger partial charge in [-0.15, -0.1) is 0 Å². The van der Waals surface area contributed by atoms with Crippen molar-refractivity contribution in [3.05, 3.63) is 64.7 Å². The minimum Gasteiger partial charge on any atom is -0.322 e. The first kappa shape index (κ1) is 18.8. The van der Waals surface area contributed by atoms with E-state index in [-0.39, 0.29) is 5.69 Å². The second-order valence-corrected chi connectivity index (χ2v) is 6.56. The van der Waals surface area contributed by atoms with Gasteiger partial charge in [0.1, 0.15) is 23.7 Å². The van der Waals surface area contributed by atoms with Crippen LogP contribution in [0.2, 0.25) is 5.02 Å². The van der Waals surface area contributed by atoms with Gasteiger partial charge in [-0.1, -0.05) is 23.7 Å². The fraction of sp³-hybridized carbons (Fsp3) is 0.167. The van der Waals surface area contributed by atoms with Crippen molar-refractivity contribution >= 4 is 35.1 Å². The first-order valence-corrected chi connectivity index (χ1v) is 8.23. The van der Waals surface area contributed by atoms with Gasteiger partial charge in [-0.25, -0.2) is 13.6 Å². The molecule has 0 aliphatic carbocycles. The summed E-state index contributed by atoms with van der Waals surface area (Å²) in [4.78, 5) is 37.8. The number of rotatable bonds is 4. The van der Waals surface area contributed by atoms with Gasteiger partial charge in [0.25, 0.3) is 5.91 Å². The summed E-state index contributed by atoms with van der Waals surface area (Å²) in [6.45, 7) is 0.852. The molecule has 0 radical (unpaired) electrons. The van der Waals surface area contributed by atoms with Gasteiger partial charge < -0.3 is 10.6 Å². The third-order valence-electron chi connectivity index (χ3n) is 4.20. The summed E-state index contributed by atoms with van der Waals surface area (Å²) in [5.74, 6) is -3.07. The second kappa shape index (κ2) is 6.96. The lowest BCUT2D eigenvalue weighted by Gasteiger charge is -2.22. The standard InChI is InChI=1S/C18H14ClF2N3O3/c1-18(10-2-4-11(19)5-3-10)16(26)24(17(27)23-18)9-15(25)22-14-8-12(20)6-7-13(14)21/h2-8H,9H2,1H3,(H,22,25)(H,23,27)/t18-/m1/s1. The average molecular weight is 394 g/mol. The molecule has 1 atom stereocenters. The molecule has 27 heavy (non-hydrogen) atoms. The number of hydrogen-bond donors (Lipinski definition) is 2. The average Bonchev–Trinajstić information content (AvgIpc) is 2.83. The number of anilines is 1. The van der Waals surface area contributed by atoms with Crippen LogP contribution in [-0.2, 0) is 15.1 Å². The Labute approximate surface area is 158 Å². The van der Waals surface area contributed by atoms with Crippen molar-refractivity contribution in [3.63, 3.8) is 0 Å². The van der Waals surface area contributed by atoms with Gasteiger partial charge >= 0.3 is 6.03 Å². The highest BCUT2D eigenvalue weighted by molar-refractivity contribution is 6.30. The molecule has 0 saturated carbocycles. The molecule has 2 N–H and O–H groups in total. The maximum absolute atomic E-state index is 13.6. The van der Waals surface area contributed by atoms with Crippen molar-refractivity contribution in [2.45, 2.75) is 12.5 Å². The van der Waals surface area contributed by atoms with Crippen molar-refractivity contribution in [2.24, 2.45) is 0 Å². The third kappa shape index (κ3) is 3.61. The van der Waals surface area contributed by atoms with Crippen LogP contribution in [0, 0.1) is 11.6 Å². The molecule has 4 amide bonds. The summed E-state index contributed by atoms with van der Waals surface area (Å²) < 4.78 is 26.8. The molecule has 0 bridgehead atoms. The Kier molecular flexibility index (Phi) is 4.84. The van der Waals surface area contributed by atoms with Crippen LogP contribution in [-0.4, -0.2) is 29.3 Å². The monoisotopic (exact) mass is 393 g/mol. The molecule has 0 aromatic heterocycles. The smallest absolute Gasteiger partial charge is 0.322 e. The van der Waals surface area contributed by atoms with E-state index in [1.165, 1.54) is 6.92 Å². The first-order valence-electron chi connectivity index (χ1n) is 7.86. The molecule has 3 rings (SSSR count). The maximum atomic E-state index is 13.6. The highest BCUT2D eigenvalue weighted by atomic mass is 35.5. The van der Waals surface area contributed by atoms with Gasteiger partial charge in [0, 0.05) is 11.1 Å². The summed E-state index contributed by atoms with van der Waals surface area (Å²) in [5.41, 5.74) is -1.26. The van der Waals surface area contributed by atoms with E-state index in [9.17, 15) is 23.2 Å². The number of imide groups is 1. The van der Waals surface area contributed by atoms with Crippen LogP contribution >= 0.6 is 11.6 Å². The Hall–Kier alpha value is -3.00. The number of benzene rings is 2. The molecule has 9 heteroatoms. The Morgan fingerprint density at radius 3 is 2.52 bits per heavy atom. The molecule has 1 heterocycles. The number of amides is 4. The first-order chi connectivity index (χ1) is 12.7. The third-order valence-corrected chi connectivity index (χ3v) is 4.45. The van der Waals surface area contributed by atoms with E-state index in [1.807, 2.05) is 0 Å². The highest BCUT2D eigenvalue weighted by Gasteiger charge is 2.49. The zero-order valence-corrected chi connectivity index (χ0v) is 14.8. The van der Waals surface area contributed by atoms with E-state index >= 15 is 0 Å². The molecular weight excluding hydrogens is 380 g/mol. The molecule has 6 nitrogen and oxygen atoms in total. The predicted molar refractivity (Wildman–Crippen MR) is 94.0 cm³/mol. The van der Waals surface area contributed by atoms with E-state index in [0.29, 0.717) is 15.5 Å². The lowest BCUT2D eigenvalue weighted by molar-refractivity contribution is -0.133. The van der Waals surface area contributed by atoms with Crippen LogP contribution in [0.5, 0.6) is 0 Å². The molecule has 1 aliphatic heterocycles. The Bertz CT molecular complexity index is 936. The van der Waals surface area contributed by atoms with Crippen LogP contribution in [0.4, 0.5) is 19.3 Å². The summed E-state index contributed by atoms with van der Waals surface area (Å²) in [5, 5.41) is 5.15. The predicted octanol–water partition coefficient (Wildman–Crippen LogP) is 3.02. The van der Waals surface area contributed by atoms with Crippen molar-refractivity contribution in [1.29, 1.82) is 0 Å². The summed E-state index contributed by atoms with van der Waals surface area (Å²) in [7, 11) is 0. The normalized spacial score (nSPS) is 19.2.